The maximum absolute atomic E-state index is 13.3. The molecule has 1 heterocycles. The fourth-order valence-electron chi connectivity index (χ4n) is 3.78. The molecule has 0 aliphatic carbocycles. The SMILES string of the molecule is C=CCc1cc(/C=C2\C(=O)NC(=O)N(c3ccc(Br)c(C)c3)C2=O)cc(Br)c1OCc1ccccc1. The summed E-state index contributed by atoms with van der Waals surface area (Å²) < 4.78 is 7.60. The Morgan fingerprint density at radius 1 is 1.00 bits per heavy atom. The van der Waals surface area contributed by atoms with Crippen molar-refractivity contribution in [1.29, 1.82) is 0 Å². The number of barbiturate groups is 1. The van der Waals surface area contributed by atoms with E-state index in [0.717, 1.165) is 26.1 Å². The topological polar surface area (TPSA) is 75.7 Å². The molecular weight excluding hydrogens is 588 g/mol. The van der Waals surface area contributed by atoms with Crippen LogP contribution in [0, 0.1) is 6.92 Å². The molecule has 1 fully saturated rings. The van der Waals surface area contributed by atoms with E-state index in [0.29, 0.717) is 34.5 Å². The van der Waals surface area contributed by atoms with Crippen LogP contribution in [0.15, 0.2) is 87.8 Å². The highest BCUT2D eigenvalue weighted by Crippen LogP contribution is 2.34. The van der Waals surface area contributed by atoms with Crippen LogP contribution in [0.3, 0.4) is 0 Å². The number of amides is 4. The molecule has 36 heavy (non-hydrogen) atoms. The Kier molecular flexibility index (Phi) is 7.86. The number of halogens is 2. The summed E-state index contributed by atoms with van der Waals surface area (Å²) in [5.74, 6) is -0.792. The smallest absolute Gasteiger partial charge is 0.335 e. The number of carbonyl (C=O) groups excluding carboxylic acids is 3. The third-order valence-corrected chi connectivity index (χ3v) is 7.02. The molecule has 0 atom stereocenters. The molecule has 3 aromatic carbocycles. The number of nitrogens with zero attached hydrogens (tertiary/aromatic N) is 1. The first-order chi connectivity index (χ1) is 17.3. The van der Waals surface area contributed by atoms with Gasteiger partial charge in [-0.05, 0) is 87.9 Å². The first-order valence-electron chi connectivity index (χ1n) is 11.1. The molecule has 0 radical (unpaired) electrons. The highest BCUT2D eigenvalue weighted by atomic mass is 79.9. The lowest BCUT2D eigenvalue weighted by Gasteiger charge is -2.26. The third-order valence-electron chi connectivity index (χ3n) is 5.55. The number of allylic oxidation sites excluding steroid dienone is 1. The Hall–Kier alpha value is -3.49. The van der Waals surface area contributed by atoms with Crippen LogP contribution in [-0.2, 0) is 22.6 Å². The number of carbonyl (C=O) groups is 3. The van der Waals surface area contributed by atoms with E-state index in [-0.39, 0.29) is 5.57 Å². The maximum Gasteiger partial charge on any atom is 0.335 e. The minimum Gasteiger partial charge on any atom is -0.487 e. The van der Waals surface area contributed by atoms with Gasteiger partial charge in [-0.15, -0.1) is 6.58 Å². The highest BCUT2D eigenvalue weighted by Gasteiger charge is 2.37. The molecule has 0 spiro atoms. The molecule has 1 aliphatic rings. The Balaban J connectivity index is 1.68. The van der Waals surface area contributed by atoms with Crippen LogP contribution in [0.4, 0.5) is 10.5 Å². The molecule has 6 nitrogen and oxygen atoms in total. The monoisotopic (exact) mass is 608 g/mol. The number of anilines is 1. The van der Waals surface area contributed by atoms with E-state index in [1.165, 1.54) is 6.08 Å². The molecule has 4 rings (SSSR count). The van der Waals surface area contributed by atoms with Crippen molar-refractivity contribution in [2.75, 3.05) is 4.90 Å². The highest BCUT2D eigenvalue weighted by molar-refractivity contribution is 9.10. The number of hydrogen-bond donors (Lipinski definition) is 1. The van der Waals surface area contributed by atoms with Gasteiger partial charge in [0.15, 0.2) is 0 Å². The van der Waals surface area contributed by atoms with Crippen molar-refractivity contribution in [2.24, 2.45) is 0 Å². The molecule has 1 saturated heterocycles. The van der Waals surface area contributed by atoms with Crippen LogP contribution in [0.2, 0.25) is 0 Å². The fourth-order valence-corrected chi connectivity index (χ4v) is 4.66. The van der Waals surface area contributed by atoms with E-state index in [1.54, 1.807) is 30.3 Å². The number of ether oxygens (including phenoxy) is 1. The Morgan fingerprint density at radius 3 is 2.44 bits per heavy atom. The summed E-state index contributed by atoms with van der Waals surface area (Å²) in [5.41, 5.74) is 3.53. The predicted molar refractivity (Wildman–Crippen MR) is 147 cm³/mol. The molecule has 4 amide bonds. The minimum atomic E-state index is -0.790. The van der Waals surface area contributed by atoms with Crippen molar-refractivity contribution in [2.45, 2.75) is 20.0 Å². The zero-order chi connectivity index (χ0) is 25.8. The van der Waals surface area contributed by atoms with Gasteiger partial charge in [0.25, 0.3) is 11.8 Å². The number of nitrogens with one attached hydrogen (secondary N) is 1. The number of benzene rings is 3. The number of hydrogen-bond acceptors (Lipinski definition) is 4. The molecule has 0 aromatic heterocycles. The van der Waals surface area contributed by atoms with Gasteiger partial charge in [-0.1, -0.05) is 52.3 Å². The average molecular weight is 610 g/mol. The fraction of sp³-hybridized carbons (Fsp3) is 0.107. The van der Waals surface area contributed by atoms with Crippen LogP contribution in [-0.4, -0.2) is 17.8 Å². The first-order valence-corrected chi connectivity index (χ1v) is 12.6. The quantitative estimate of drug-likeness (QED) is 0.189. The van der Waals surface area contributed by atoms with Gasteiger partial charge >= 0.3 is 6.03 Å². The second-order valence-corrected chi connectivity index (χ2v) is 9.86. The Morgan fingerprint density at radius 2 is 1.75 bits per heavy atom. The lowest BCUT2D eigenvalue weighted by molar-refractivity contribution is -0.122. The number of urea groups is 1. The third kappa shape index (κ3) is 5.50. The summed E-state index contributed by atoms with van der Waals surface area (Å²) in [4.78, 5) is 39.4. The lowest BCUT2D eigenvalue weighted by atomic mass is 10.0. The van der Waals surface area contributed by atoms with E-state index < -0.39 is 17.8 Å². The summed E-state index contributed by atoms with van der Waals surface area (Å²) in [6.07, 6.45) is 3.74. The summed E-state index contributed by atoms with van der Waals surface area (Å²) in [7, 11) is 0. The van der Waals surface area contributed by atoms with Gasteiger partial charge in [0.1, 0.15) is 17.9 Å². The van der Waals surface area contributed by atoms with Crippen LogP contribution in [0.1, 0.15) is 22.3 Å². The van der Waals surface area contributed by atoms with Crippen molar-refractivity contribution < 1.29 is 19.1 Å². The molecule has 0 unspecified atom stereocenters. The molecule has 3 aromatic rings. The van der Waals surface area contributed by atoms with E-state index in [2.05, 4.69) is 43.8 Å². The van der Waals surface area contributed by atoms with Gasteiger partial charge in [0.05, 0.1) is 10.2 Å². The van der Waals surface area contributed by atoms with E-state index in [4.69, 9.17) is 4.74 Å². The van der Waals surface area contributed by atoms with Gasteiger partial charge < -0.3 is 4.74 Å². The standard InChI is InChI=1S/C28H22Br2N2O4/c1-3-7-20-13-19(15-24(30)25(20)36-16-18-8-5-4-6-9-18)14-22-26(33)31-28(35)32(27(22)34)21-10-11-23(29)17(2)12-21/h3-6,8-15H,1,7,16H2,2H3,(H,31,33,35)/b22-14+. The Bertz CT molecular complexity index is 1400. The summed E-state index contributed by atoms with van der Waals surface area (Å²) in [6.45, 7) is 6.06. The van der Waals surface area contributed by atoms with Crippen LogP contribution < -0.4 is 15.0 Å². The second-order valence-electron chi connectivity index (χ2n) is 8.15. The van der Waals surface area contributed by atoms with Crippen molar-refractivity contribution >= 4 is 61.5 Å². The zero-order valence-corrected chi connectivity index (χ0v) is 22.6. The predicted octanol–water partition coefficient (Wildman–Crippen LogP) is 6.49. The molecule has 1 aliphatic heterocycles. The Labute approximate surface area is 225 Å². The molecule has 1 N–H and O–H groups in total. The van der Waals surface area contributed by atoms with Crippen LogP contribution in [0.5, 0.6) is 5.75 Å². The van der Waals surface area contributed by atoms with E-state index >= 15 is 0 Å². The van der Waals surface area contributed by atoms with Crippen LogP contribution >= 0.6 is 31.9 Å². The van der Waals surface area contributed by atoms with Crippen molar-refractivity contribution in [3.05, 3.63) is 110 Å². The lowest BCUT2D eigenvalue weighted by Crippen LogP contribution is -2.54. The molecule has 0 bridgehead atoms. The minimum absolute atomic E-state index is 0.149. The van der Waals surface area contributed by atoms with Gasteiger partial charge in [-0.2, -0.15) is 0 Å². The van der Waals surface area contributed by atoms with Crippen molar-refractivity contribution in [3.8, 4) is 5.75 Å². The van der Waals surface area contributed by atoms with E-state index in [1.807, 2.05) is 43.3 Å². The average Bonchev–Trinajstić information content (AvgIpc) is 2.84. The van der Waals surface area contributed by atoms with Crippen LogP contribution in [0.25, 0.3) is 6.08 Å². The normalized spacial score (nSPS) is 14.7. The van der Waals surface area contributed by atoms with Gasteiger partial charge in [-0.3, -0.25) is 14.9 Å². The molecular formula is C28H22Br2N2O4. The number of imide groups is 2. The summed E-state index contributed by atoms with van der Waals surface area (Å²) in [5, 5.41) is 2.26. The zero-order valence-electron chi connectivity index (χ0n) is 19.4. The second kappa shape index (κ2) is 11.1. The molecule has 182 valence electrons. The largest absolute Gasteiger partial charge is 0.487 e. The maximum atomic E-state index is 13.3. The molecule has 0 saturated carbocycles. The number of aryl methyl sites for hydroxylation is 1. The summed E-state index contributed by atoms with van der Waals surface area (Å²) >= 11 is 6.98. The summed E-state index contributed by atoms with van der Waals surface area (Å²) in [6, 6.07) is 17.7. The van der Waals surface area contributed by atoms with Crippen molar-refractivity contribution in [3.63, 3.8) is 0 Å². The number of rotatable bonds is 7. The van der Waals surface area contributed by atoms with Gasteiger partial charge in [0, 0.05) is 4.47 Å². The van der Waals surface area contributed by atoms with Crippen molar-refractivity contribution in [1.82, 2.24) is 5.32 Å². The first kappa shape index (κ1) is 25.6. The molecule has 8 heteroatoms. The van der Waals surface area contributed by atoms with Gasteiger partial charge in [0.2, 0.25) is 0 Å². The van der Waals surface area contributed by atoms with Gasteiger partial charge in [-0.25, -0.2) is 9.69 Å². The van der Waals surface area contributed by atoms with E-state index in [9.17, 15) is 14.4 Å².